The fourth-order valence-electron chi connectivity index (χ4n) is 8.49. The van der Waals surface area contributed by atoms with Crippen molar-refractivity contribution in [2.75, 3.05) is 0 Å². The van der Waals surface area contributed by atoms with Gasteiger partial charge in [-0.2, -0.15) is 0 Å². The molecule has 11 rings (SSSR count). The number of para-hydroxylation sites is 4. The van der Waals surface area contributed by atoms with Gasteiger partial charge in [0.2, 0.25) is 0 Å². The van der Waals surface area contributed by atoms with Gasteiger partial charge in [-0.25, -0.2) is 4.85 Å². The summed E-state index contributed by atoms with van der Waals surface area (Å²) in [5, 5.41) is 5.92. The molecule has 0 amide bonds. The first-order valence-electron chi connectivity index (χ1n) is 17.8. The first-order valence-corrected chi connectivity index (χ1v) is 17.8. The second-order valence-corrected chi connectivity index (χ2v) is 13.5. The van der Waals surface area contributed by atoms with Crippen LogP contribution >= 0.6 is 0 Å². The molecular weight excluding hydrogens is 647 g/mol. The Kier molecular flexibility index (Phi) is 6.25. The minimum atomic E-state index is 0.600. The Morgan fingerprint density at radius 3 is 1.70 bits per heavy atom. The average molecular weight is 676 g/mol. The monoisotopic (exact) mass is 675 g/mol. The highest BCUT2D eigenvalue weighted by Gasteiger charge is 2.21. The molecule has 0 atom stereocenters. The van der Waals surface area contributed by atoms with Crippen LogP contribution in [0.3, 0.4) is 0 Å². The van der Waals surface area contributed by atoms with Gasteiger partial charge in [0, 0.05) is 50.2 Å². The van der Waals surface area contributed by atoms with Crippen molar-refractivity contribution in [2.45, 2.75) is 0 Å². The van der Waals surface area contributed by atoms with Gasteiger partial charge in [-0.05, 0) is 96.1 Å². The molecule has 11 aromatic rings. The summed E-state index contributed by atoms with van der Waals surface area (Å²) in [6.45, 7) is 8.07. The standard InChI is InChI=1S/C48H29N5/c1-49-33-27-32(29-36(30-33)53-40-20-8-5-17-37(40)38-18-6-9-21-41(38)53)31-13-11-16-35(28-31)52-44-25-24-43-46(47(44)48-45(52)23-12-26-50-48)39-19-7-10-22-42(39)51(43)34-14-3-2-4-15-34/h2-30H. The van der Waals surface area contributed by atoms with Crippen molar-refractivity contribution in [3.05, 3.63) is 187 Å². The zero-order valence-corrected chi connectivity index (χ0v) is 28.5. The van der Waals surface area contributed by atoms with E-state index in [2.05, 4.69) is 170 Å². The molecule has 7 aromatic carbocycles. The van der Waals surface area contributed by atoms with Gasteiger partial charge in [0.05, 0.1) is 45.2 Å². The lowest BCUT2D eigenvalue weighted by Gasteiger charge is -2.13. The van der Waals surface area contributed by atoms with E-state index in [0.29, 0.717) is 5.69 Å². The van der Waals surface area contributed by atoms with Crippen LogP contribution in [0.2, 0.25) is 0 Å². The Balaban J connectivity index is 1.15. The lowest BCUT2D eigenvalue weighted by Crippen LogP contribution is -1.96. The molecule has 5 heteroatoms. The van der Waals surface area contributed by atoms with Crippen LogP contribution in [0.5, 0.6) is 0 Å². The van der Waals surface area contributed by atoms with Crippen molar-refractivity contribution in [1.82, 2.24) is 18.7 Å². The molecule has 0 bridgehead atoms. The molecule has 0 aliphatic heterocycles. The Morgan fingerprint density at radius 2 is 0.962 bits per heavy atom. The zero-order valence-electron chi connectivity index (χ0n) is 28.5. The molecule has 246 valence electrons. The summed E-state index contributed by atoms with van der Waals surface area (Å²) >= 11 is 0. The van der Waals surface area contributed by atoms with Crippen LogP contribution in [0, 0.1) is 6.57 Å². The Hall–Kier alpha value is -7.42. The molecule has 0 fully saturated rings. The molecule has 0 radical (unpaired) electrons. The van der Waals surface area contributed by atoms with E-state index >= 15 is 0 Å². The van der Waals surface area contributed by atoms with Crippen LogP contribution in [0.15, 0.2) is 176 Å². The van der Waals surface area contributed by atoms with E-state index in [1.807, 2.05) is 24.4 Å². The number of nitrogens with zero attached hydrogens (tertiary/aromatic N) is 5. The summed E-state index contributed by atoms with van der Waals surface area (Å²) < 4.78 is 6.97. The van der Waals surface area contributed by atoms with Crippen molar-refractivity contribution in [3.8, 4) is 28.2 Å². The molecule has 4 heterocycles. The normalized spacial score (nSPS) is 11.8. The smallest absolute Gasteiger partial charge is 0.189 e. The van der Waals surface area contributed by atoms with E-state index in [9.17, 15) is 0 Å². The maximum atomic E-state index is 8.07. The second kappa shape index (κ2) is 11.3. The predicted octanol–water partition coefficient (Wildman–Crippen LogP) is 12.6. The van der Waals surface area contributed by atoms with Gasteiger partial charge in [0.1, 0.15) is 0 Å². The molecule has 4 aromatic heterocycles. The fraction of sp³-hybridized carbons (Fsp3) is 0. The first-order chi connectivity index (χ1) is 26.3. The summed E-state index contributed by atoms with van der Waals surface area (Å²) in [7, 11) is 0. The summed E-state index contributed by atoms with van der Waals surface area (Å²) in [5.41, 5.74) is 13.4. The maximum Gasteiger partial charge on any atom is 0.189 e. The third kappa shape index (κ3) is 4.27. The van der Waals surface area contributed by atoms with Gasteiger partial charge in [0.15, 0.2) is 5.69 Å². The molecule has 0 spiro atoms. The number of fused-ring (bicyclic) bond motifs is 10. The highest BCUT2D eigenvalue weighted by molar-refractivity contribution is 6.28. The Morgan fingerprint density at radius 1 is 0.396 bits per heavy atom. The number of pyridine rings is 1. The highest BCUT2D eigenvalue weighted by atomic mass is 15.0. The minimum absolute atomic E-state index is 0.600. The van der Waals surface area contributed by atoms with Crippen LogP contribution in [0.4, 0.5) is 5.69 Å². The maximum absolute atomic E-state index is 8.07. The number of rotatable bonds is 4. The van der Waals surface area contributed by atoms with Crippen LogP contribution in [0.1, 0.15) is 0 Å². The van der Waals surface area contributed by atoms with E-state index < -0.39 is 0 Å². The Bertz CT molecular complexity index is 3250. The van der Waals surface area contributed by atoms with E-state index in [1.165, 1.54) is 27.1 Å². The largest absolute Gasteiger partial charge is 0.310 e. The number of hydrogen-bond acceptors (Lipinski definition) is 1. The number of hydrogen-bond donors (Lipinski definition) is 0. The highest BCUT2D eigenvalue weighted by Crippen LogP contribution is 2.42. The van der Waals surface area contributed by atoms with Gasteiger partial charge in [-0.1, -0.05) is 84.9 Å². The lowest BCUT2D eigenvalue weighted by molar-refractivity contribution is 1.17. The van der Waals surface area contributed by atoms with Crippen molar-refractivity contribution in [3.63, 3.8) is 0 Å². The van der Waals surface area contributed by atoms with Gasteiger partial charge < -0.3 is 13.7 Å². The van der Waals surface area contributed by atoms with Gasteiger partial charge in [-0.15, -0.1) is 0 Å². The molecule has 0 aliphatic carbocycles. The summed E-state index contributed by atoms with van der Waals surface area (Å²) in [4.78, 5) is 8.96. The summed E-state index contributed by atoms with van der Waals surface area (Å²) in [6, 6.07) is 59.8. The van der Waals surface area contributed by atoms with Crippen LogP contribution < -0.4 is 0 Å². The minimum Gasteiger partial charge on any atom is -0.310 e. The van der Waals surface area contributed by atoms with Crippen molar-refractivity contribution < 1.29 is 0 Å². The summed E-state index contributed by atoms with van der Waals surface area (Å²) in [6.07, 6.45) is 1.89. The SMILES string of the molecule is [C-]#[N+]c1cc(-c2cccc(-n3c4cccnc4c4c5c6ccccc6n(-c6ccccc6)c5ccc43)c2)cc(-n2c3ccccc3c3ccccc32)c1. The van der Waals surface area contributed by atoms with E-state index in [1.54, 1.807) is 0 Å². The Labute approximate surface area is 304 Å². The molecule has 53 heavy (non-hydrogen) atoms. The lowest BCUT2D eigenvalue weighted by atomic mass is 10.0. The molecule has 0 aliphatic rings. The second-order valence-electron chi connectivity index (χ2n) is 13.5. The first kappa shape index (κ1) is 29.3. The van der Waals surface area contributed by atoms with Gasteiger partial charge in [-0.3, -0.25) is 4.98 Å². The van der Waals surface area contributed by atoms with Crippen molar-refractivity contribution in [1.29, 1.82) is 0 Å². The van der Waals surface area contributed by atoms with Crippen molar-refractivity contribution in [2.24, 2.45) is 0 Å². The van der Waals surface area contributed by atoms with Gasteiger partial charge in [0.25, 0.3) is 0 Å². The molecular formula is C48H29N5. The average Bonchev–Trinajstić information content (AvgIpc) is 3.87. The van der Waals surface area contributed by atoms with Gasteiger partial charge >= 0.3 is 0 Å². The molecule has 5 nitrogen and oxygen atoms in total. The quantitative estimate of drug-likeness (QED) is 0.171. The van der Waals surface area contributed by atoms with Crippen LogP contribution in [-0.2, 0) is 0 Å². The molecule has 0 N–H and O–H groups in total. The van der Waals surface area contributed by atoms with Crippen LogP contribution in [0.25, 0.3) is 98.6 Å². The van der Waals surface area contributed by atoms with Crippen LogP contribution in [-0.4, -0.2) is 18.7 Å². The van der Waals surface area contributed by atoms with E-state index in [4.69, 9.17) is 11.6 Å². The fourth-order valence-corrected chi connectivity index (χ4v) is 8.49. The van der Waals surface area contributed by atoms with E-state index in [-0.39, 0.29) is 0 Å². The van der Waals surface area contributed by atoms with Crippen molar-refractivity contribution >= 4 is 71.2 Å². The topological polar surface area (TPSA) is 32.0 Å². The van der Waals surface area contributed by atoms with E-state index in [0.717, 1.165) is 66.7 Å². The molecule has 0 saturated heterocycles. The summed E-state index contributed by atoms with van der Waals surface area (Å²) in [5.74, 6) is 0. The number of aromatic nitrogens is 4. The number of benzene rings is 7. The zero-order chi connectivity index (χ0) is 35.0. The molecule has 0 unspecified atom stereocenters. The predicted molar refractivity (Wildman–Crippen MR) is 219 cm³/mol. The molecule has 0 saturated carbocycles. The third-order valence-electron chi connectivity index (χ3n) is 10.6. The third-order valence-corrected chi connectivity index (χ3v) is 10.6.